The molecule has 2 aromatic carbocycles. The van der Waals surface area contributed by atoms with E-state index in [1.807, 2.05) is 42.5 Å². The molecule has 1 N–H and O–H groups in total. The van der Waals surface area contributed by atoms with Gasteiger partial charge in [0.05, 0.1) is 5.52 Å². The van der Waals surface area contributed by atoms with Crippen LogP contribution in [0.1, 0.15) is 16.1 Å². The van der Waals surface area contributed by atoms with Gasteiger partial charge in [0, 0.05) is 56.1 Å². The molecule has 2 aromatic heterocycles. The van der Waals surface area contributed by atoms with Gasteiger partial charge in [-0.1, -0.05) is 49.2 Å². The third-order valence-electron chi connectivity index (χ3n) is 5.89. The monoisotopic (exact) mass is 445 g/mol. The lowest BCUT2D eigenvalue weighted by Crippen LogP contribution is -2.46. The number of carbonyl (C=O) groups is 1. The molecule has 0 bridgehead atoms. The van der Waals surface area contributed by atoms with E-state index in [9.17, 15) is 9.90 Å². The highest BCUT2D eigenvalue weighted by atomic mass is 32.1. The minimum atomic E-state index is -0.990. The first-order chi connectivity index (χ1) is 15.6. The van der Waals surface area contributed by atoms with Gasteiger partial charge in [0.25, 0.3) is 0 Å². The summed E-state index contributed by atoms with van der Waals surface area (Å²) in [6.07, 6.45) is 3.54. The number of aromatic carboxylic acids is 1. The summed E-state index contributed by atoms with van der Waals surface area (Å²) in [5.41, 5.74) is 3.70. The third-order valence-corrected chi connectivity index (χ3v) is 6.30. The van der Waals surface area contributed by atoms with Crippen LogP contribution in [0.3, 0.4) is 0 Å². The van der Waals surface area contributed by atoms with Crippen molar-refractivity contribution >= 4 is 35.6 Å². The van der Waals surface area contributed by atoms with E-state index in [4.69, 9.17) is 0 Å². The Labute approximate surface area is 191 Å². The summed E-state index contributed by atoms with van der Waals surface area (Å²) in [6.45, 7) is 4.37. The molecule has 0 atom stereocenters. The predicted molar refractivity (Wildman–Crippen MR) is 128 cm³/mol. The van der Waals surface area contributed by atoms with Gasteiger partial charge in [-0.15, -0.1) is 0 Å². The topological polar surface area (TPSA) is 74.5 Å². The third kappa shape index (κ3) is 3.83. The number of aromatic nitrogens is 3. The summed E-state index contributed by atoms with van der Waals surface area (Å²) in [5.74, 6) is -0.215. The second kappa shape index (κ2) is 8.64. The molecule has 32 heavy (non-hydrogen) atoms. The number of nitrogens with zero attached hydrogens (tertiary/aromatic N) is 5. The molecule has 4 aromatic rings. The Bertz CT molecular complexity index is 1250. The van der Waals surface area contributed by atoms with Crippen LogP contribution in [0, 0.1) is 0 Å². The maximum atomic E-state index is 12.0. The summed E-state index contributed by atoms with van der Waals surface area (Å²) >= 11 is 4.49. The SMILES string of the molecule is O=C(O)c1c(-c2ccccc2)c2cc(CN3CCN(c4ncccn4)CC3)ccc2n1S. The van der Waals surface area contributed by atoms with Gasteiger partial charge in [0.15, 0.2) is 0 Å². The number of hydrogen-bond donors (Lipinski definition) is 2. The van der Waals surface area contributed by atoms with Gasteiger partial charge in [-0.05, 0) is 29.3 Å². The van der Waals surface area contributed by atoms with Gasteiger partial charge in [-0.3, -0.25) is 8.87 Å². The summed E-state index contributed by atoms with van der Waals surface area (Å²) in [7, 11) is 0. The average molecular weight is 446 g/mol. The van der Waals surface area contributed by atoms with Crippen LogP contribution in [0.4, 0.5) is 5.95 Å². The van der Waals surface area contributed by atoms with Crippen molar-refractivity contribution in [2.75, 3.05) is 31.1 Å². The van der Waals surface area contributed by atoms with Gasteiger partial charge in [0.2, 0.25) is 5.95 Å². The number of piperazine rings is 1. The molecular weight excluding hydrogens is 422 g/mol. The molecule has 0 saturated carbocycles. The minimum Gasteiger partial charge on any atom is -0.477 e. The van der Waals surface area contributed by atoms with Crippen molar-refractivity contribution < 1.29 is 9.90 Å². The van der Waals surface area contributed by atoms with E-state index in [0.717, 1.165) is 60.7 Å². The van der Waals surface area contributed by atoms with Crippen molar-refractivity contribution in [3.63, 3.8) is 0 Å². The van der Waals surface area contributed by atoms with E-state index in [1.54, 1.807) is 12.4 Å². The zero-order chi connectivity index (χ0) is 22.1. The number of anilines is 1. The van der Waals surface area contributed by atoms with Crippen molar-refractivity contribution in [2.45, 2.75) is 6.54 Å². The second-order valence-electron chi connectivity index (χ2n) is 7.87. The highest BCUT2D eigenvalue weighted by Gasteiger charge is 2.23. The first-order valence-corrected chi connectivity index (χ1v) is 10.9. The highest BCUT2D eigenvalue weighted by molar-refractivity contribution is 7.78. The van der Waals surface area contributed by atoms with Gasteiger partial charge in [-0.25, -0.2) is 14.8 Å². The standard InChI is InChI=1S/C24H23N5O2S/c30-23(31)22-21(18-5-2-1-3-6-18)19-15-17(7-8-20(19)29(22)32)16-27-11-13-28(14-12-27)24-25-9-4-10-26-24/h1-10,15,32H,11-14,16H2,(H,30,31). The van der Waals surface area contributed by atoms with Crippen molar-refractivity contribution in [3.8, 4) is 11.1 Å². The van der Waals surface area contributed by atoms with Gasteiger partial charge in [-0.2, -0.15) is 0 Å². The molecular formula is C24H23N5O2S. The lowest BCUT2D eigenvalue weighted by Gasteiger charge is -2.34. The first kappa shape index (κ1) is 20.5. The Balaban J connectivity index is 1.42. The van der Waals surface area contributed by atoms with Crippen LogP contribution in [0.15, 0.2) is 67.0 Å². The summed E-state index contributed by atoms with van der Waals surface area (Å²) < 4.78 is 1.47. The van der Waals surface area contributed by atoms with Crippen molar-refractivity contribution in [2.24, 2.45) is 0 Å². The van der Waals surface area contributed by atoms with Crippen LogP contribution in [0.25, 0.3) is 22.0 Å². The smallest absolute Gasteiger partial charge is 0.354 e. The lowest BCUT2D eigenvalue weighted by atomic mass is 10.0. The fraction of sp³-hybridized carbons (Fsp3) is 0.208. The largest absolute Gasteiger partial charge is 0.477 e. The Morgan fingerprint density at radius 1 is 0.969 bits per heavy atom. The number of carboxylic acid groups (broad SMARTS) is 1. The molecule has 162 valence electrons. The zero-order valence-electron chi connectivity index (χ0n) is 17.4. The Morgan fingerprint density at radius 2 is 1.69 bits per heavy atom. The Hall–Kier alpha value is -3.36. The zero-order valence-corrected chi connectivity index (χ0v) is 18.3. The van der Waals surface area contributed by atoms with Gasteiger partial charge in [0.1, 0.15) is 5.69 Å². The molecule has 1 aliphatic heterocycles. The number of benzene rings is 2. The van der Waals surface area contributed by atoms with Crippen molar-refractivity contribution in [1.82, 2.24) is 18.8 Å². The van der Waals surface area contributed by atoms with E-state index in [0.29, 0.717) is 5.56 Å². The molecule has 0 aliphatic carbocycles. The first-order valence-electron chi connectivity index (χ1n) is 10.5. The number of carboxylic acids is 1. The van der Waals surface area contributed by atoms with Crippen LogP contribution < -0.4 is 4.90 Å². The van der Waals surface area contributed by atoms with E-state index < -0.39 is 5.97 Å². The summed E-state index contributed by atoms with van der Waals surface area (Å²) in [6, 6.07) is 17.6. The van der Waals surface area contributed by atoms with Crippen LogP contribution in [0.5, 0.6) is 0 Å². The van der Waals surface area contributed by atoms with Crippen molar-refractivity contribution in [3.05, 3.63) is 78.2 Å². The Kier molecular flexibility index (Phi) is 5.55. The predicted octanol–water partition coefficient (Wildman–Crippen LogP) is 3.81. The van der Waals surface area contributed by atoms with Crippen LogP contribution in [0.2, 0.25) is 0 Å². The summed E-state index contributed by atoms with van der Waals surface area (Å²) in [4.78, 5) is 25.3. The van der Waals surface area contributed by atoms with Gasteiger partial charge < -0.3 is 10.0 Å². The fourth-order valence-electron chi connectivity index (χ4n) is 4.33. The quantitative estimate of drug-likeness (QED) is 0.455. The molecule has 0 spiro atoms. The van der Waals surface area contributed by atoms with E-state index in [1.165, 1.54) is 3.97 Å². The number of hydrogen-bond acceptors (Lipinski definition) is 6. The second-order valence-corrected chi connectivity index (χ2v) is 8.27. The molecule has 1 fully saturated rings. The number of fused-ring (bicyclic) bond motifs is 1. The summed E-state index contributed by atoms with van der Waals surface area (Å²) in [5, 5.41) is 10.8. The number of rotatable bonds is 5. The van der Waals surface area contributed by atoms with Crippen molar-refractivity contribution in [1.29, 1.82) is 0 Å². The van der Waals surface area contributed by atoms with E-state index >= 15 is 0 Å². The molecule has 0 radical (unpaired) electrons. The lowest BCUT2D eigenvalue weighted by molar-refractivity contribution is 0.0691. The van der Waals surface area contributed by atoms with Gasteiger partial charge >= 0.3 is 5.97 Å². The molecule has 1 saturated heterocycles. The average Bonchev–Trinajstić information content (AvgIpc) is 3.13. The molecule has 5 rings (SSSR count). The molecule has 8 heteroatoms. The van der Waals surface area contributed by atoms with Crippen LogP contribution in [-0.2, 0) is 6.54 Å². The van der Waals surface area contributed by atoms with E-state index in [2.05, 4.69) is 44.7 Å². The maximum absolute atomic E-state index is 12.0. The molecule has 0 amide bonds. The van der Waals surface area contributed by atoms with E-state index in [-0.39, 0.29) is 5.69 Å². The maximum Gasteiger partial charge on any atom is 0.354 e. The number of thiol groups is 1. The highest BCUT2D eigenvalue weighted by Crippen LogP contribution is 2.36. The minimum absolute atomic E-state index is 0.183. The molecule has 3 heterocycles. The Morgan fingerprint density at radius 3 is 2.38 bits per heavy atom. The van der Waals surface area contributed by atoms with Crippen LogP contribution >= 0.6 is 12.8 Å². The van der Waals surface area contributed by atoms with Crippen LogP contribution in [-0.4, -0.2) is 56.1 Å². The molecule has 0 unspecified atom stereocenters. The normalized spacial score (nSPS) is 14.7. The fourth-order valence-corrected chi connectivity index (χ4v) is 4.69. The molecule has 7 nitrogen and oxygen atoms in total. The molecule has 1 aliphatic rings.